The van der Waals surface area contributed by atoms with E-state index in [4.69, 9.17) is 24.9 Å². The summed E-state index contributed by atoms with van der Waals surface area (Å²) < 4.78 is 71.7. The number of para-hydroxylation sites is 3. The van der Waals surface area contributed by atoms with Gasteiger partial charge in [0.25, 0.3) is 0 Å². The van der Waals surface area contributed by atoms with Gasteiger partial charge in [0.1, 0.15) is 11.2 Å². The molecule has 0 atom stereocenters. The molecule has 0 bridgehead atoms. The van der Waals surface area contributed by atoms with E-state index in [1.165, 1.54) is 0 Å². The van der Waals surface area contributed by atoms with Crippen LogP contribution in [0.15, 0.2) is 174 Å². The molecule has 0 aliphatic rings. The van der Waals surface area contributed by atoms with Crippen LogP contribution in [-0.2, 0) is 0 Å². The summed E-state index contributed by atoms with van der Waals surface area (Å²) in [6, 6.07) is 37.3. The molecule has 0 unspecified atom stereocenters. The molecule has 3 heterocycles. The van der Waals surface area contributed by atoms with Crippen molar-refractivity contribution in [1.82, 2.24) is 19.5 Å². The highest BCUT2D eigenvalue weighted by Crippen LogP contribution is 2.40. The third-order valence-corrected chi connectivity index (χ3v) is 8.96. The molecule has 234 valence electrons. The Balaban J connectivity index is 1.35. The first-order valence-corrected chi connectivity index (χ1v) is 16.1. The van der Waals surface area contributed by atoms with E-state index in [-0.39, 0.29) is 57.4 Å². The van der Waals surface area contributed by atoms with E-state index >= 15 is 0 Å². The Bertz CT molecular complexity index is 3200. The lowest BCUT2D eigenvalue weighted by molar-refractivity contribution is 0.669. The summed E-state index contributed by atoms with van der Waals surface area (Å²) in [4.78, 5) is 14.6. The van der Waals surface area contributed by atoms with Crippen LogP contribution in [0.1, 0.15) is 9.60 Å². The third kappa shape index (κ3) is 4.52. The number of hydrogen-bond donors (Lipinski definition) is 0. The molecule has 3 aromatic heterocycles. The Labute approximate surface area is 297 Å². The summed E-state index contributed by atoms with van der Waals surface area (Å²) in [5, 5.41) is 1.86. The number of rotatable bonds is 5. The Morgan fingerprint density at radius 2 is 1.12 bits per heavy atom. The molecule has 5 nitrogen and oxygen atoms in total. The zero-order valence-electron chi connectivity index (χ0n) is 33.3. The summed E-state index contributed by atoms with van der Waals surface area (Å²) >= 11 is 0. The van der Waals surface area contributed by atoms with Crippen molar-refractivity contribution in [2.75, 3.05) is 0 Å². The first-order chi connectivity index (χ1) is 27.7. The highest BCUT2D eigenvalue weighted by molar-refractivity contribution is 6.14. The van der Waals surface area contributed by atoms with Crippen molar-refractivity contribution in [3.63, 3.8) is 0 Å². The fourth-order valence-corrected chi connectivity index (χ4v) is 6.68. The molecule has 0 aliphatic heterocycles. The lowest BCUT2D eigenvalue weighted by Gasteiger charge is -2.12. The van der Waals surface area contributed by atoms with Gasteiger partial charge in [-0.1, -0.05) is 139 Å². The summed E-state index contributed by atoms with van der Waals surface area (Å²) in [5.74, 6) is 0.680. The lowest BCUT2D eigenvalue weighted by Crippen LogP contribution is -2.02. The molecule has 0 aliphatic carbocycles. The summed E-state index contributed by atoms with van der Waals surface area (Å²) in [6.07, 6.45) is 0. The molecule has 0 amide bonds. The maximum absolute atomic E-state index is 9.43. The van der Waals surface area contributed by atoms with E-state index in [1.807, 2.05) is 121 Å². The molecule has 50 heavy (non-hydrogen) atoms. The zero-order chi connectivity index (χ0) is 39.1. The van der Waals surface area contributed by atoms with Gasteiger partial charge in [0.2, 0.25) is 0 Å². The average Bonchev–Trinajstić information content (AvgIpc) is 3.81. The predicted octanol–water partition coefficient (Wildman–Crippen LogP) is 11.5. The first kappa shape index (κ1) is 21.9. The van der Waals surface area contributed by atoms with Gasteiger partial charge in [-0.3, -0.25) is 0 Å². The largest absolute Gasteiger partial charge is 0.455 e. The third-order valence-electron chi connectivity index (χ3n) is 8.96. The minimum absolute atomic E-state index is 0.0443. The summed E-state index contributed by atoms with van der Waals surface area (Å²) in [7, 11) is 0. The summed E-state index contributed by atoms with van der Waals surface area (Å²) in [5.41, 5.74) is 5.29. The van der Waals surface area contributed by atoms with Crippen molar-refractivity contribution < 1.29 is 14.0 Å². The van der Waals surface area contributed by atoms with Gasteiger partial charge < -0.3 is 8.98 Å². The van der Waals surface area contributed by atoms with Gasteiger partial charge in [-0.25, -0.2) is 15.0 Å². The molecule has 0 spiro atoms. The minimum Gasteiger partial charge on any atom is -0.455 e. The van der Waals surface area contributed by atoms with Crippen LogP contribution in [-0.4, -0.2) is 19.5 Å². The number of fused-ring (bicyclic) bond motifs is 6. The van der Waals surface area contributed by atoms with Crippen molar-refractivity contribution in [3.8, 4) is 51.0 Å². The van der Waals surface area contributed by atoms with Crippen LogP contribution in [0.25, 0.3) is 94.7 Å². The highest BCUT2D eigenvalue weighted by atomic mass is 16.3. The van der Waals surface area contributed by atoms with Crippen LogP contribution in [0.3, 0.4) is 0 Å². The minimum atomic E-state index is -0.479. The molecule has 0 N–H and O–H groups in total. The van der Waals surface area contributed by atoms with Crippen molar-refractivity contribution >= 4 is 43.7 Å². The van der Waals surface area contributed by atoms with Gasteiger partial charge in [-0.15, -0.1) is 0 Å². The SMILES string of the molecule is [2H]c1c([2H])c([2H])c2c(c1[2H])c1c([2H])c([2H])c([2H])c(-c3nc(-c4ccccc4)nc(-c4ccccc4)n3)c1n2-c1ccc2c(c1)oc1c(-c3ccccc3)cccc12. The normalized spacial score (nSPS) is 13.6. The van der Waals surface area contributed by atoms with E-state index in [1.54, 1.807) is 10.6 Å². The van der Waals surface area contributed by atoms with E-state index in [2.05, 4.69) is 0 Å². The number of nitrogens with zero attached hydrogens (tertiary/aromatic N) is 4. The second kappa shape index (κ2) is 11.4. The van der Waals surface area contributed by atoms with Gasteiger partial charge >= 0.3 is 0 Å². The second-order valence-corrected chi connectivity index (χ2v) is 11.9. The number of aromatic nitrogens is 4. The second-order valence-electron chi connectivity index (χ2n) is 11.9. The maximum Gasteiger partial charge on any atom is 0.166 e. The lowest BCUT2D eigenvalue weighted by atomic mass is 10.0. The maximum atomic E-state index is 9.43. The van der Waals surface area contributed by atoms with Crippen molar-refractivity contribution in [1.29, 1.82) is 0 Å². The van der Waals surface area contributed by atoms with Gasteiger partial charge in [0.15, 0.2) is 17.5 Å². The molecule has 0 fully saturated rings. The predicted molar refractivity (Wildman–Crippen MR) is 203 cm³/mol. The highest BCUT2D eigenvalue weighted by Gasteiger charge is 2.21. The van der Waals surface area contributed by atoms with Gasteiger partial charge in [0.05, 0.1) is 20.6 Å². The standard InChI is InChI=1S/C45H28N4O/c1-4-14-29(15-5-1)33-21-12-23-37-35-27-26-32(28-40(35)50-42(33)37)49-39-25-11-10-20-34(39)36-22-13-24-38(41(36)49)45-47-43(30-16-6-2-7-17-30)46-44(48-45)31-18-8-3-9-19-31/h1-28H/i10D,11D,13D,20D,22D,24D,25D. The first-order valence-electron chi connectivity index (χ1n) is 19.6. The monoisotopic (exact) mass is 647 g/mol. The average molecular weight is 648 g/mol. The van der Waals surface area contributed by atoms with Gasteiger partial charge in [-0.05, 0) is 29.8 Å². The molecule has 0 radical (unpaired) electrons. The van der Waals surface area contributed by atoms with E-state index in [0.717, 1.165) is 21.9 Å². The number of hydrogen-bond acceptors (Lipinski definition) is 4. The molecular formula is C45H28N4O. The van der Waals surface area contributed by atoms with Crippen LogP contribution >= 0.6 is 0 Å². The van der Waals surface area contributed by atoms with Crippen LogP contribution in [0.5, 0.6) is 0 Å². The van der Waals surface area contributed by atoms with Crippen LogP contribution in [0.4, 0.5) is 0 Å². The molecule has 10 rings (SSSR count). The van der Waals surface area contributed by atoms with Crippen molar-refractivity contribution in [3.05, 3.63) is 170 Å². The van der Waals surface area contributed by atoms with E-state index < -0.39 is 18.1 Å². The Hall–Kier alpha value is -6.85. The van der Waals surface area contributed by atoms with Crippen LogP contribution in [0.2, 0.25) is 0 Å². The van der Waals surface area contributed by atoms with Crippen molar-refractivity contribution in [2.45, 2.75) is 0 Å². The molecule has 0 saturated carbocycles. The summed E-state index contributed by atoms with van der Waals surface area (Å²) in [6.45, 7) is 0. The van der Waals surface area contributed by atoms with Crippen LogP contribution in [0, 0.1) is 0 Å². The fourth-order valence-electron chi connectivity index (χ4n) is 6.68. The fraction of sp³-hybridized carbons (Fsp3) is 0. The number of benzene rings is 7. The van der Waals surface area contributed by atoms with Gasteiger partial charge in [0, 0.05) is 55.6 Å². The zero-order valence-corrected chi connectivity index (χ0v) is 26.3. The Kier molecular flexibility index (Phi) is 4.99. The van der Waals surface area contributed by atoms with Crippen LogP contribution < -0.4 is 0 Å². The molecule has 10 aromatic rings. The molecule has 0 saturated heterocycles. The molecule has 7 aromatic carbocycles. The Morgan fingerprint density at radius 3 is 1.84 bits per heavy atom. The smallest absolute Gasteiger partial charge is 0.166 e. The topological polar surface area (TPSA) is 56.7 Å². The van der Waals surface area contributed by atoms with E-state index in [9.17, 15) is 4.11 Å². The number of furan rings is 1. The Morgan fingerprint density at radius 1 is 0.480 bits per heavy atom. The molecule has 5 heteroatoms. The quantitative estimate of drug-likeness (QED) is 0.186. The van der Waals surface area contributed by atoms with Crippen molar-refractivity contribution in [2.24, 2.45) is 0 Å². The van der Waals surface area contributed by atoms with Gasteiger partial charge in [-0.2, -0.15) is 0 Å². The molecular weight excluding hydrogens is 613 g/mol. The van der Waals surface area contributed by atoms with E-state index in [0.29, 0.717) is 39.6 Å².